The molecule has 1 heterocycles. The lowest BCUT2D eigenvalue weighted by Crippen LogP contribution is -2.08. The maximum absolute atomic E-state index is 13.9. The summed E-state index contributed by atoms with van der Waals surface area (Å²) in [7, 11) is 0. The van der Waals surface area contributed by atoms with Gasteiger partial charge in [-0.3, -0.25) is 4.98 Å². The van der Waals surface area contributed by atoms with Crippen LogP contribution in [0.15, 0.2) is 42.6 Å². The summed E-state index contributed by atoms with van der Waals surface area (Å²) in [5.74, 6) is -1.44. The van der Waals surface area contributed by atoms with Crippen molar-refractivity contribution >= 4 is 28.5 Å². The van der Waals surface area contributed by atoms with Gasteiger partial charge < -0.3 is 9.47 Å². The van der Waals surface area contributed by atoms with E-state index in [0.717, 1.165) is 6.07 Å². The van der Waals surface area contributed by atoms with E-state index in [-0.39, 0.29) is 34.1 Å². The molecule has 1 aromatic heterocycles. The lowest BCUT2D eigenvalue weighted by molar-refractivity contribution is 0.0523. The second-order valence-corrected chi connectivity index (χ2v) is 5.47. The van der Waals surface area contributed by atoms with Gasteiger partial charge in [0.05, 0.1) is 17.1 Å². The second kappa shape index (κ2) is 7.03. The van der Waals surface area contributed by atoms with E-state index in [0.29, 0.717) is 5.52 Å². The molecule has 0 atom stereocenters. The van der Waals surface area contributed by atoms with E-state index in [1.165, 1.54) is 36.5 Å². The second-order valence-electron chi connectivity index (χ2n) is 5.06. The number of carbonyl (C=O) groups is 1. The quantitative estimate of drug-likeness (QED) is 0.602. The van der Waals surface area contributed by atoms with Crippen molar-refractivity contribution in [2.45, 2.75) is 6.92 Å². The molecule has 0 unspecified atom stereocenters. The SMILES string of the molecule is CCOC(=O)c1cnc2cc(Cl)c(F)cc2c1Oc1ccc(F)cc1. The minimum absolute atomic E-state index is 0.0281. The highest BCUT2D eigenvalue weighted by Crippen LogP contribution is 2.35. The van der Waals surface area contributed by atoms with Crippen molar-refractivity contribution in [2.75, 3.05) is 6.61 Å². The summed E-state index contributed by atoms with van der Waals surface area (Å²) < 4.78 is 37.7. The van der Waals surface area contributed by atoms with Gasteiger partial charge in [-0.1, -0.05) is 11.6 Å². The summed E-state index contributed by atoms with van der Waals surface area (Å²) >= 11 is 5.78. The highest BCUT2D eigenvalue weighted by molar-refractivity contribution is 6.31. The first-order valence-electron chi connectivity index (χ1n) is 7.38. The molecule has 25 heavy (non-hydrogen) atoms. The Hall–Kier alpha value is -2.73. The number of fused-ring (bicyclic) bond motifs is 1. The minimum Gasteiger partial charge on any atom is -0.462 e. The fourth-order valence-electron chi connectivity index (χ4n) is 2.25. The summed E-state index contributed by atoms with van der Waals surface area (Å²) in [5.41, 5.74) is 0.372. The van der Waals surface area contributed by atoms with Crippen molar-refractivity contribution < 1.29 is 23.0 Å². The van der Waals surface area contributed by atoms with Gasteiger partial charge in [-0.05, 0) is 43.3 Å². The van der Waals surface area contributed by atoms with E-state index in [9.17, 15) is 13.6 Å². The van der Waals surface area contributed by atoms with Crippen molar-refractivity contribution in [3.8, 4) is 11.5 Å². The summed E-state index contributed by atoms with van der Waals surface area (Å²) in [6.07, 6.45) is 1.27. The molecule has 4 nitrogen and oxygen atoms in total. The number of pyridine rings is 1. The molecule has 3 rings (SSSR count). The number of nitrogens with zero attached hydrogens (tertiary/aromatic N) is 1. The number of rotatable bonds is 4. The van der Waals surface area contributed by atoms with Crippen LogP contribution in [0.2, 0.25) is 5.02 Å². The van der Waals surface area contributed by atoms with Gasteiger partial charge in [0, 0.05) is 11.6 Å². The van der Waals surface area contributed by atoms with Crippen molar-refractivity contribution in [3.05, 3.63) is 64.8 Å². The van der Waals surface area contributed by atoms with Crippen molar-refractivity contribution in [3.63, 3.8) is 0 Å². The maximum atomic E-state index is 13.9. The Labute approximate surface area is 147 Å². The Morgan fingerprint density at radius 3 is 2.60 bits per heavy atom. The predicted octanol–water partition coefficient (Wildman–Crippen LogP) is 5.14. The molecular formula is C18H12ClF2NO3. The number of ether oxygens (including phenoxy) is 2. The largest absolute Gasteiger partial charge is 0.462 e. The van der Waals surface area contributed by atoms with Crippen LogP contribution < -0.4 is 4.74 Å². The summed E-state index contributed by atoms with van der Waals surface area (Å²) in [6, 6.07) is 7.66. The van der Waals surface area contributed by atoms with Crippen molar-refractivity contribution in [2.24, 2.45) is 0 Å². The highest BCUT2D eigenvalue weighted by atomic mass is 35.5. The summed E-state index contributed by atoms with van der Waals surface area (Å²) in [4.78, 5) is 16.3. The van der Waals surface area contributed by atoms with Crippen LogP contribution in [0.1, 0.15) is 17.3 Å². The van der Waals surface area contributed by atoms with Gasteiger partial charge in [-0.15, -0.1) is 0 Å². The molecule has 0 saturated heterocycles. The molecule has 0 saturated carbocycles. The van der Waals surface area contributed by atoms with Gasteiger partial charge in [0.15, 0.2) is 5.75 Å². The lowest BCUT2D eigenvalue weighted by Gasteiger charge is -2.13. The van der Waals surface area contributed by atoms with E-state index in [4.69, 9.17) is 21.1 Å². The van der Waals surface area contributed by atoms with Crippen LogP contribution in [-0.4, -0.2) is 17.6 Å². The predicted molar refractivity (Wildman–Crippen MR) is 89.1 cm³/mol. The topological polar surface area (TPSA) is 48.4 Å². The third-order valence-electron chi connectivity index (χ3n) is 3.39. The first kappa shape index (κ1) is 17.1. The summed E-state index contributed by atoms with van der Waals surface area (Å²) in [5, 5.41) is 0.147. The molecule has 0 bridgehead atoms. The molecule has 0 aliphatic rings. The van der Waals surface area contributed by atoms with E-state index >= 15 is 0 Å². The first-order valence-corrected chi connectivity index (χ1v) is 7.75. The van der Waals surface area contributed by atoms with Crippen LogP contribution in [0.4, 0.5) is 8.78 Å². The van der Waals surface area contributed by atoms with Crippen LogP contribution in [0, 0.1) is 11.6 Å². The number of halogens is 3. The molecule has 0 aliphatic heterocycles. The molecule has 0 amide bonds. The number of hydrogen-bond donors (Lipinski definition) is 0. The Kier molecular flexibility index (Phi) is 4.81. The molecule has 0 aliphatic carbocycles. The van der Waals surface area contributed by atoms with Gasteiger partial charge in [0.25, 0.3) is 0 Å². The molecule has 0 N–H and O–H groups in total. The third kappa shape index (κ3) is 3.53. The smallest absolute Gasteiger partial charge is 0.343 e. The molecule has 128 valence electrons. The van der Waals surface area contributed by atoms with Gasteiger partial charge in [-0.25, -0.2) is 13.6 Å². The fraction of sp³-hybridized carbons (Fsp3) is 0.111. The van der Waals surface area contributed by atoms with Crippen LogP contribution in [0.25, 0.3) is 10.9 Å². The lowest BCUT2D eigenvalue weighted by atomic mass is 10.1. The van der Waals surface area contributed by atoms with E-state index in [1.54, 1.807) is 6.92 Å². The average molecular weight is 364 g/mol. The maximum Gasteiger partial charge on any atom is 0.343 e. The molecule has 3 aromatic rings. The molecule has 2 aromatic carbocycles. The molecule has 0 radical (unpaired) electrons. The number of benzene rings is 2. The van der Waals surface area contributed by atoms with Gasteiger partial charge >= 0.3 is 5.97 Å². The van der Waals surface area contributed by atoms with Gasteiger partial charge in [0.1, 0.15) is 22.9 Å². The average Bonchev–Trinajstić information content (AvgIpc) is 2.59. The van der Waals surface area contributed by atoms with Crippen LogP contribution in [0.5, 0.6) is 11.5 Å². The zero-order valence-corrected chi connectivity index (χ0v) is 13.8. The highest BCUT2D eigenvalue weighted by Gasteiger charge is 2.20. The monoisotopic (exact) mass is 363 g/mol. The standard InChI is InChI=1S/C18H12ClF2NO3/c1-2-24-18(23)13-9-22-16-8-14(19)15(21)7-12(16)17(13)25-11-5-3-10(20)4-6-11/h3-9H,2H2,1H3. The normalized spacial score (nSPS) is 10.7. The van der Waals surface area contributed by atoms with Crippen molar-refractivity contribution in [1.82, 2.24) is 4.98 Å². The zero-order valence-electron chi connectivity index (χ0n) is 13.1. The van der Waals surface area contributed by atoms with E-state index < -0.39 is 17.6 Å². The number of hydrogen-bond acceptors (Lipinski definition) is 4. The third-order valence-corrected chi connectivity index (χ3v) is 3.68. The van der Waals surface area contributed by atoms with Crippen LogP contribution in [0.3, 0.4) is 0 Å². The molecular weight excluding hydrogens is 352 g/mol. The Morgan fingerprint density at radius 1 is 1.20 bits per heavy atom. The van der Waals surface area contributed by atoms with Crippen LogP contribution >= 0.6 is 11.6 Å². The molecule has 0 fully saturated rings. The van der Waals surface area contributed by atoms with E-state index in [1.807, 2.05) is 0 Å². The van der Waals surface area contributed by atoms with Gasteiger partial charge in [0.2, 0.25) is 0 Å². The number of carbonyl (C=O) groups excluding carboxylic acids is 1. The van der Waals surface area contributed by atoms with E-state index in [2.05, 4.69) is 4.98 Å². The fourth-order valence-corrected chi connectivity index (χ4v) is 2.41. The number of esters is 1. The Morgan fingerprint density at radius 2 is 1.92 bits per heavy atom. The molecule has 0 spiro atoms. The minimum atomic E-state index is -0.680. The van der Waals surface area contributed by atoms with Crippen LogP contribution in [-0.2, 0) is 4.74 Å². The van der Waals surface area contributed by atoms with Gasteiger partial charge in [-0.2, -0.15) is 0 Å². The summed E-state index contributed by atoms with van der Waals surface area (Å²) in [6.45, 7) is 1.81. The Balaban J connectivity index is 2.19. The number of aromatic nitrogens is 1. The van der Waals surface area contributed by atoms with Crippen molar-refractivity contribution in [1.29, 1.82) is 0 Å². The molecule has 7 heteroatoms. The first-order chi connectivity index (χ1) is 12.0. The Bertz CT molecular complexity index is 945. The zero-order chi connectivity index (χ0) is 18.0.